The van der Waals surface area contributed by atoms with E-state index in [4.69, 9.17) is 5.10 Å². The van der Waals surface area contributed by atoms with Crippen molar-refractivity contribution in [2.24, 2.45) is 11.8 Å². The van der Waals surface area contributed by atoms with Gasteiger partial charge in [0, 0.05) is 18.3 Å². The molecule has 3 nitrogen and oxygen atoms in total. The van der Waals surface area contributed by atoms with Crippen LogP contribution in [0.15, 0.2) is 6.07 Å². The second-order valence-corrected chi connectivity index (χ2v) is 6.99. The molecular weight excluding hydrogens is 258 g/mol. The summed E-state index contributed by atoms with van der Waals surface area (Å²) in [5.74, 6) is 1.74. The molecule has 2 aliphatic carbocycles. The summed E-state index contributed by atoms with van der Waals surface area (Å²) < 4.78 is 2.23. The van der Waals surface area contributed by atoms with Crippen LogP contribution < -0.4 is 5.32 Å². The summed E-state index contributed by atoms with van der Waals surface area (Å²) in [6.45, 7) is 6.63. The van der Waals surface area contributed by atoms with Gasteiger partial charge in [0.15, 0.2) is 0 Å². The van der Waals surface area contributed by atoms with Crippen molar-refractivity contribution < 1.29 is 0 Å². The van der Waals surface area contributed by atoms with Crippen LogP contribution >= 0.6 is 0 Å². The smallest absolute Gasteiger partial charge is 0.0624 e. The molecule has 0 aliphatic heterocycles. The maximum atomic E-state index is 4.73. The predicted molar refractivity (Wildman–Crippen MR) is 87.5 cm³/mol. The topological polar surface area (TPSA) is 29.9 Å². The average Bonchev–Trinajstić information content (AvgIpc) is 3.02. The molecule has 0 spiro atoms. The van der Waals surface area contributed by atoms with Crippen molar-refractivity contribution in [1.29, 1.82) is 0 Å². The Morgan fingerprint density at radius 2 is 2.00 bits per heavy atom. The third kappa shape index (κ3) is 3.88. The molecule has 0 saturated heterocycles. The highest BCUT2D eigenvalue weighted by Crippen LogP contribution is 2.33. The maximum absolute atomic E-state index is 4.73. The third-order valence-corrected chi connectivity index (χ3v) is 5.36. The van der Waals surface area contributed by atoms with Gasteiger partial charge in [0.2, 0.25) is 0 Å². The van der Waals surface area contributed by atoms with Crippen LogP contribution in [-0.4, -0.2) is 22.4 Å². The number of hydrogen-bond acceptors (Lipinski definition) is 2. The summed E-state index contributed by atoms with van der Waals surface area (Å²) >= 11 is 0. The summed E-state index contributed by atoms with van der Waals surface area (Å²) in [6, 6.07) is 3.18. The van der Waals surface area contributed by atoms with E-state index in [-0.39, 0.29) is 0 Å². The first kappa shape index (κ1) is 15.1. The minimum absolute atomic E-state index is 0.805. The molecule has 0 amide bonds. The fourth-order valence-corrected chi connectivity index (χ4v) is 3.83. The molecule has 1 heterocycles. The number of hydrogen-bond donors (Lipinski definition) is 1. The Balaban J connectivity index is 1.67. The van der Waals surface area contributed by atoms with E-state index in [0.717, 1.165) is 30.8 Å². The van der Waals surface area contributed by atoms with Crippen molar-refractivity contribution in [2.75, 3.05) is 6.54 Å². The molecular formula is C18H31N3. The lowest BCUT2D eigenvalue weighted by molar-refractivity contribution is 0.313. The Kier molecular flexibility index (Phi) is 4.99. The van der Waals surface area contributed by atoms with Crippen molar-refractivity contribution in [3.8, 4) is 0 Å². The van der Waals surface area contributed by atoms with E-state index >= 15 is 0 Å². The zero-order valence-corrected chi connectivity index (χ0v) is 13.8. The Bertz CT molecular complexity index is 441. The molecule has 1 aromatic heterocycles. The molecule has 2 aliphatic rings. The second kappa shape index (κ2) is 6.95. The molecule has 2 fully saturated rings. The van der Waals surface area contributed by atoms with E-state index in [1.54, 1.807) is 0 Å². The summed E-state index contributed by atoms with van der Waals surface area (Å²) in [6.07, 6.45) is 10.8. The number of aromatic nitrogens is 2. The molecule has 1 atom stereocenters. The molecule has 118 valence electrons. The lowest BCUT2D eigenvalue weighted by Crippen LogP contribution is -2.31. The molecule has 0 radical (unpaired) electrons. The van der Waals surface area contributed by atoms with E-state index in [9.17, 15) is 0 Å². The zero-order chi connectivity index (χ0) is 14.7. The van der Waals surface area contributed by atoms with Crippen molar-refractivity contribution in [1.82, 2.24) is 15.1 Å². The van der Waals surface area contributed by atoms with Crippen molar-refractivity contribution in [3.05, 3.63) is 17.5 Å². The van der Waals surface area contributed by atoms with Crippen LogP contribution in [0.2, 0.25) is 0 Å². The van der Waals surface area contributed by atoms with Gasteiger partial charge in [-0.25, -0.2) is 0 Å². The standard InChI is InChI=1S/C18H31N3/c1-3-16-12-18(21(4-2)20-16)11-15(13-19-17-9-10-17)14-7-5-6-8-14/h12,14-15,17,19H,3-11,13H2,1-2H3. The molecule has 21 heavy (non-hydrogen) atoms. The van der Waals surface area contributed by atoms with E-state index in [2.05, 4.69) is 29.9 Å². The first-order valence-corrected chi connectivity index (χ1v) is 9.09. The number of rotatable bonds is 8. The van der Waals surface area contributed by atoms with Crippen LogP contribution in [0.3, 0.4) is 0 Å². The summed E-state index contributed by atoms with van der Waals surface area (Å²) in [5.41, 5.74) is 2.72. The summed E-state index contributed by atoms with van der Waals surface area (Å²) in [4.78, 5) is 0. The van der Waals surface area contributed by atoms with Gasteiger partial charge in [0.25, 0.3) is 0 Å². The zero-order valence-electron chi connectivity index (χ0n) is 13.8. The highest BCUT2D eigenvalue weighted by Gasteiger charge is 2.28. The first-order chi connectivity index (χ1) is 10.3. The van der Waals surface area contributed by atoms with Gasteiger partial charge < -0.3 is 5.32 Å². The van der Waals surface area contributed by atoms with Crippen molar-refractivity contribution >= 4 is 0 Å². The fraction of sp³-hybridized carbons (Fsp3) is 0.833. The van der Waals surface area contributed by atoms with Gasteiger partial charge in [-0.1, -0.05) is 32.6 Å². The first-order valence-electron chi connectivity index (χ1n) is 9.09. The SMILES string of the molecule is CCc1cc(CC(CNC2CC2)C2CCCC2)n(CC)n1. The molecule has 0 bridgehead atoms. The Morgan fingerprint density at radius 3 is 2.62 bits per heavy atom. The Labute approximate surface area is 129 Å². The summed E-state index contributed by atoms with van der Waals surface area (Å²) in [7, 11) is 0. The van der Waals surface area contributed by atoms with Crippen molar-refractivity contribution in [2.45, 2.75) is 77.8 Å². The highest BCUT2D eigenvalue weighted by molar-refractivity contribution is 5.12. The van der Waals surface area contributed by atoms with Gasteiger partial charge in [-0.3, -0.25) is 4.68 Å². The second-order valence-electron chi connectivity index (χ2n) is 6.99. The van der Waals surface area contributed by atoms with Gasteiger partial charge in [-0.05, 0) is 57.1 Å². The van der Waals surface area contributed by atoms with Gasteiger partial charge in [-0.15, -0.1) is 0 Å². The number of nitrogens with zero attached hydrogens (tertiary/aromatic N) is 2. The van der Waals surface area contributed by atoms with Gasteiger partial charge in [0.1, 0.15) is 0 Å². The van der Waals surface area contributed by atoms with Gasteiger partial charge in [0.05, 0.1) is 5.69 Å². The Hall–Kier alpha value is -0.830. The monoisotopic (exact) mass is 289 g/mol. The Morgan fingerprint density at radius 1 is 1.24 bits per heavy atom. The fourth-order valence-electron chi connectivity index (χ4n) is 3.83. The van der Waals surface area contributed by atoms with Crippen LogP contribution in [0.1, 0.15) is 63.8 Å². The molecule has 1 N–H and O–H groups in total. The number of aryl methyl sites for hydroxylation is 2. The van der Waals surface area contributed by atoms with Crippen LogP contribution in [0.5, 0.6) is 0 Å². The van der Waals surface area contributed by atoms with Crippen LogP contribution in [0.25, 0.3) is 0 Å². The van der Waals surface area contributed by atoms with Gasteiger partial charge >= 0.3 is 0 Å². The maximum Gasteiger partial charge on any atom is 0.0624 e. The largest absolute Gasteiger partial charge is 0.314 e. The van der Waals surface area contributed by atoms with Crippen LogP contribution in [-0.2, 0) is 19.4 Å². The molecule has 1 aromatic rings. The third-order valence-electron chi connectivity index (χ3n) is 5.36. The van der Waals surface area contributed by atoms with E-state index in [1.165, 1.54) is 62.9 Å². The lowest BCUT2D eigenvalue weighted by Gasteiger charge is -2.24. The molecule has 3 heteroatoms. The quantitative estimate of drug-likeness (QED) is 0.793. The summed E-state index contributed by atoms with van der Waals surface area (Å²) in [5, 5.41) is 8.51. The van der Waals surface area contributed by atoms with Gasteiger partial charge in [-0.2, -0.15) is 5.10 Å². The van der Waals surface area contributed by atoms with E-state index in [0.29, 0.717) is 0 Å². The minimum Gasteiger partial charge on any atom is -0.314 e. The van der Waals surface area contributed by atoms with Crippen LogP contribution in [0.4, 0.5) is 0 Å². The molecule has 0 aromatic carbocycles. The minimum atomic E-state index is 0.805. The highest BCUT2D eigenvalue weighted by atomic mass is 15.3. The average molecular weight is 289 g/mol. The number of nitrogens with one attached hydrogen (secondary N) is 1. The van der Waals surface area contributed by atoms with Crippen LogP contribution in [0, 0.1) is 11.8 Å². The molecule has 3 rings (SSSR count). The van der Waals surface area contributed by atoms with E-state index < -0.39 is 0 Å². The van der Waals surface area contributed by atoms with E-state index in [1.807, 2.05) is 0 Å². The van der Waals surface area contributed by atoms with Crippen molar-refractivity contribution in [3.63, 3.8) is 0 Å². The predicted octanol–water partition coefficient (Wildman–Crippen LogP) is 3.57. The molecule has 2 saturated carbocycles. The normalized spacial score (nSPS) is 21.0. The lowest BCUT2D eigenvalue weighted by atomic mass is 9.86. The molecule has 1 unspecified atom stereocenters.